The normalized spacial score (nSPS) is 21.1. The lowest BCUT2D eigenvalue weighted by molar-refractivity contribution is 0.443. The van der Waals surface area contributed by atoms with Crippen LogP contribution in [-0.2, 0) is 0 Å². The lowest BCUT2D eigenvalue weighted by Gasteiger charge is -2.19. The summed E-state index contributed by atoms with van der Waals surface area (Å²) in [7, 11) is 6.63. The molecule has 1 saturated carbocycles. The van der Waals surface area contributed by atoms with Crippen LogP contribution in [0.1, 0.15) is 52.6 Å². The molecule has 0 saturated heterocycles. The largest absolute Gasteiger partial charge is 0.999 e. The van der Waals surface area contributed by atoms with E-state index >= 15 is 0 Å². The van der Waals surface area contributed by atoms with Crippen LogP contribution in [-0.4, -0.2) is 38.4 Å². The van der Waals surface area contributed by atoms with Gasteiger partial charge in [-0.25, -0.2) is 0 Å². The predicted octanol–water partition coefficient (Wildman–Crippen LogP) is 5.37. The monoisotopic (exact) mass is 424 g/mol. The van der Waals surface area contributed by atoms with Crippen molar-refractivity contribution in [2.24, 2.45) is 9.98 Å². The molecule has 1 aliphatic heterocycles. The van der Waals surface area contributed by atoms with Gasteiger partial charge in [0.15, 0.2) is 0 Å². The molecule has 2 aromatic rings. The van der Waals surface area contributed by atoms with Gasteiger partial charge < -0.3 is 7.58 Å². The van der Waals surface area contributed by atoms with E-state index in [-0.39, 0.29) is 12.1 Å². The van der Waals surface area contributed by atoms with Crippen LogP contribution in [0.4, 0.5) is 0 Å². The molecular formula is C23H26AlClN2O2. The van der Waals surface area contributed by atoms with Gasteiger partial charge in [0.25, 0.3) is 0 Å². The minimum absolute atomic E-state index is 0.194. The van der Waals surface area contributed by atoms with Crippen molar-refractivity contribution in [1.29, 1.82) is 0 Å². The third kappa shape index (κ3) is 4.53. The van der Waals surface area contributed by atoms with Crippen molar-refractivity contribution in [2.45, 2.75) is 59.0 Å². The second-order valence-electron chi connectivity index (χ2n) is 8.13. The summed E-state index contributed by atoms with van der Waals surface area (Å²) in [5, 5.41) is 0. The Bertz CT molecular complexity index is 912. The lowest BCUT2D eigenvalue weighted by Crippen LogP contribution is -2.25. The highest BCUT2D eigenvalue weighted by Gasteiger charge is 2.34. The van der Waals surface area contributed by atoms with Gasteiger partial charge in [-0.1, -0.05) is 12.1 Å². The van der Waals surface area contributed by atoms with Gasteiger partial charge in [-0.2, -0.15) is 10.0 Å². The molecular weight excluding hydrogens is 399 g/mol. The first kappa shape index (κ1) is 20.5. The molecule has 1 aliphatic carbocycles. The highest BCUT2D eigenvalue weighted by Crippen LogP contribution is 2.31. The fourth-order valence-electron chi connectivity index (χ4n) is 4.32. The third-order valence-corrected chi connectivity index (χ3v) is 6.95. The Labute approximate surface area is 181 Å². The number of halogens is 1. The number of hydrogen-bond donors (Lipinski definition) is 0. The Balaban J connectivity index is 1.83. The van der Waals surface area contributed by atoms with Crippen molar-refractivity contribution < 1.29 is 7.58 Å². The average Bonchev–Trinajstić information content (AvgIpc) is 3.10. The van der Waals surface area contributed by atoms with Crippen molar-refractivity contribution in [3.63, 3.8) is 0 Å². The molecule has 1 fully saturated rings. The Morgan fingerprint density at radius 3 is 1.69 bits per heavy atom. The zero-order valence-corrected chi connectivity index (χ0v) is 19.3. The zero-order valence-electron chi connectivity index (χ0n) is 17.4. The summed E-state index contributed by atoms with van der Waals surface area (Å²) >= 11 is -2.50. The lowest BCUT2D eigenvalue weighted by atomic mass is 10.1. The van der Waals surface area contributed by atoms with Gasteiger partial charge in [0.05, 0.1) is 23.6 Å². The quantitative estimate of drug-likeness (QED) is 0.533. The van der Waals surface area contributed by atoms with E-state index in [1.165, 1.54) is 11.1 Å². The topological polar surface area (TPSA) is 43.2 Å². The van der Waals surface area contributed by atoms with E-state index in [0.29, 0.717) is 0 Å². The zero-order chi connectivity index (χ0) is 20.5. The maximum atomic E-state index is 6.63. The van der Waals surface area contributed by atoms with Crippen LogP contribution in [0.15, 0.2) is 34.3 Å². The summed E-state index contributed by atoms with van der Waals surface area (Å²) in [4.78, 5) is 9.80. The van der Waals surface area contributed by atoms with E-state index in [1.807, 2.05) is 26.3 Å². The number of aliphatic imine (C=N–C) groups is 2. The number of benzene rings is 2. The fraction of sp³-hybridized carbons (Fsp3) is 0.391. The van der Waals surface area contributed by atoms with Gasteiger partial charge >= 0.3 is 13.9 Å². The first-order chi connectivity index (χ1) is 13.9. The molecule has 1 heterocycles. The van der Waals surface area contributed by atoms with Crippen LogP contribution in [0.25, 0.3) is 0 Å². The number of rotatable bonds is 0. The molecule has 150 valence electrons. The molecule has 0 bridgehead atoms. The second-order valence-corrected chi connectivity index (χ2v) is 10.2. The second kappa shape index (κ2) is 8.52. The van der Waals surface area contributed by atoms with Crippen molar-refractivity contribution in [1.82, 2.24) is 0 Å². The van der Waals surface area contributed by atoms with E-state index < -0.39 is 13.9 Å². The predicted molar refractivity (Wildman–Crippen MR) is 121 cm³/mol. The number of nitrogens with zero attached hydrogens (tertiary/aromatic N) is 2. The van der Waals surface area contributed by atoms with Gasteiger partial charge in [0, 0.05) is 23.6 Å². The number of aryl methyl sites for hydroxylation is 4. The Hall–Kier alpha value is -1.80. The molecule has 0 spiro atoms. The van der Waals surface area contributed by atoms with Crippen molar-refractivity contribution in [2.75, 3.05) is 0 Å². The first-order valence-electron chi connectivity index (χ1n) is 10.2. The minimum atomic E-state index is -2.50. The standard InChI is InChI=1S/C23H28N2O2.Al.ClH/c1-14-8-16(3)22(26)18(10-14)12-24-20-6-5-7-21(20)25-13-19-11-15(2)9-17(4)23(19)27;;/h8-13,20-21,26-27H,5-7H2,1-4H3;;1H/q;+3;/p-3/t20-,21-;;/m1../s1. The van der Waals surface area contributed by atoms with Crippen molar-refractivity contribution in [3.8, 4) is 11.5 Å². The highest BCUT2D eigenvalue weighted by molar-refractivity contribution is 7.00. The molecule has 4 rings (SSSR count). The molecule has 0 radical (unpaired) electrons. The maximum Gasteiger partial charge on any atom is 0.999 e. The van der Waals surface area contributed by atoms with E-state index in [1.54, 1.807) is 0 Å². The van der Waals surface area contributed by atoms with Gasteiger partial charge in [-0.15, -0.1) is 0 Å². The van der Waals surface area contributed by atoms with Crippen LogP contribution in [0.2, 0.25) is 0 Å². The Morgan fingerprint density at radius 1 is 0.793 bits per heavy atom. The summed E-state index contributed by atoms with van der Waals surface area (Å²) in [5.74, 6) is 1.54. The molecule has 0 N–H and O–H groups in total. The summed E-state index contributed by atoms with van der Waals surface area (Å²) in [6.07, 6.45) is 7.14. The first-order valence-corrected chi connectivity index (χ1v) is 12.9. The van der Waals surface area contributed by atoms with Crippen LogP contribution < -0.4 is 7.58 Å². The molecule has 0 amide bonds. The van der Waals surface area contributed by atoms with Crippen LogP contribution in [0, 0.1) is 27.7 Å². The molecule has 0 unspecified atom stereocenters. The SMILES string of the molecule is Cc1cc(C)c2c(c1)C=N[C@@H]1CCC[C@H]1N=Cc1cc(C)cc(C)c1[O][Al]([Cl])[O]2. The third-order valence-electron chi connectivity index (χ3n) is 5.57. The molecule has 2 aromatic carbocycles. The van der Waals surface area contributed by atoms with Gasteiger partial charge in [-0.3, -0.25) is 9.98 Å². The van der Waals surface area contributed by atoms with E-state index in [2.05, 4.69) is 38.1 Å². The molecule has 2 aliphatic rings. The molecule has 0 aromatic heterocycles. The molecule has 29 heavy (non-hydrogen) atoms. The average molecular weight is 425 g/mol. The van der Waals surface area contributed by atoms with Gasteiger partial charge in [0.2, 0.25) is 0 Å². The van der Waals surface area contributed by atoms with Crippen molar-refractivity contribution >= 4 is 36.4 Å². The van der Waals surface area contributed by atoms with Gasteiger partial charge in [-0.05, 0) is 81.3 Å². The van der Waals surface area contributed by atoms with E-state index in [9.17, 15) is 0 Å². The smallest absolute Gasteiger partial charge is 0.599 e. The summed E-state index contributed by atoms with van der Waals surface area (Å²) in [6.45, 7) is 8.25. The van der Waals surface area contributed by atoms with Crippen LogP contribution in [0.5, 0.6) is 11.5 Å². The molecule has 6 heteroatoms. The van der Waals surface area contributed by atoms with E-state index in [4.69, 9.17) is 27.6 Å². The Morgan fingerprint density at radius 2 is 1.24 bits per heavy atom. The van der Waals surface area contributed by atoms with Crippen LogP contribution >= 0.6 is 10.0 Å². The van der Waals surface area contributed by atoms with E-state index in [0.717, 1.165) is 53.0 Å². The summed E-state index contributed by atoms with van der Waals surface area (Å²) in [6, 6.07) is 8.79. The molecule has 2 atom stereocenters. The van der Waals surface area contributed by atoms with Crippen LogP contribution in [0.3, 0.4) is 0 Å². The number of hydrogen-bond acceptors (Lipinski definition) is 4. The summed E-state index contributed by atoms with van der Waals surface area (Å²) < 4.78 is 12.4. The highest BCUT2D eigenvalue weighted by atomic mass is 35.6. The maximum absolute atomic E-state index is 6.63. The minimum Gasteiger partial charge on any atom is -0.599 e. The summed E-state index contributed by atoms with van der Waals surface area (Å²) in [5.41, 5.74) is 6.35. The molecule has 4 nitrogen and oxygen atoms in total. The van der Waals surface area contributed by atoms with Crippen molar-refractivity contribution in [3.05, 3.63) is 57.6 Å². The van der Waals surface area contributed by atoms with Gasteiger partial charge in [0.1, 0.15) is 0 Å². The number of fused-ring (bicyclic) bond motifs is 3. The Kier molecular flexibility index (Phi) is 6.01. The fourth-order valence-corrected chi connectivity index (χ4v) is 5.92.